The molecule has 156 valence electrons. The van der Waals surface area contributed by atoms with E-state index < -0.39 is 12.0 Å². The van der Waals surface area contributed by atoms with Crippen LogP contribution in [0.25, 0.3) is 11.0 Å². The first-order valence-corrected chi connectivity index (χ1v) is 9.47. The van der Waals surface area contributed by atoms with Gasteiger partial charge in [-0.05, 0) is 43.3 Å². The molecule has 1 atom stereocenters. The van der Waals surface area contributed by atoms with Gasteiger partial charge in [-0.3, -0.25) is 9.59 Å². The molecule has 0 unspecified atom stereocenters. The summed E-state index contributed by atoms with van der Waals surface area (Å²) in [5.74, 6) is -0.0449. The first kappa shape index (κ1) is 20.9. The highest BCUT2D eigenvalue weighted by atomic mass is 16.5. The first-order valence-electron chi connectivity index (χ1n) is 9.47. The Kier molecular flexibility index (Phi) is 6.69. The van der Waals surface area contributed by atoms with Crippen LogP contribution in [0.1, 0.15) is 35.5 Å². The molecule has 0 saturated heterocycles. The van der Waals surface area contributed by atoms with E-state index >= 15 is 0 Å². The third-order valence-corrected chi connectivity index (χ3v) is 4.47. The van der Waals surface area contributed by atoms with Crippen LogP contribution in [0.15, 0.2) is 59.0 Å². The summed E-state index contributed by atoms with van der Waals surface area (Å²) in [5.41, 5.74) is 1.72. The molecule has 8 heteroatoms. The molecule has 1 aromatic heterocycles. The lowest BCUT2D eigenvalue weighted by Crippen LogP contribution is -2.31. The zero-order valence-electron chi connectivity index (χ0n) is 16.7. The summed E-state index contributed by atoms with van der Waals surface area (Å²) < 4.78 is 10.3. The molecule has 3 N–H and O–H groups in total. The Bertz CT molecular complexity index is 1010. The summed E-state index contributed by atoms with van der Waals surface area (Å²) in [6, 6.07) is 15.3. The van der Waals surface area contributed by atoms with E-state index in [1.54, 1.807) is 24.3 Å². The Balaban J connectivity index is 1.51. The number of benzene rings is 2. The van der Waals surface area contributed by atoms with E-state index in [0.717, 1.165) is 11.0 Å². The van der Waals surface area contributed by atoms with Crippen molar-refractivity contribution >= 4 is 34.6 Å². The summed E-state index contributed by atoms with van der Waals surface area (Å²) in [6.07, 6.45) is 0.103. The van der Waals surface area contributed by atoms with Gasteiger partial charge in [0.25, 0.3) is 5.91 Å². The molecule has 0 bridgehead atoms. The molecule has 2 aromatic carbocycles. The van der Waals surface area contributed by atoms with Crippen molar-refractivity contribution in [2.45, 2.75) is 19.4 Å². The molecule has 0 aliphatic carbocycles. The Morgan fingerprint density at radius 1 is 1.07 bits per heavy atom. The largest absolute Gasteiger partial charge is 0.469 e. The highest BCUT2D eigenvalue weighted by molar-refractivity contribution is 5.95. The number of carbonyl (C=O) groups is 3. The molecule has 0 aliphatic heterocycles. The molecule has 3 aromatic rings. The number of furan rings is 1. The second-order valence-electron chi connectivity index (χ2n) is 6.67. The Morgan fingerprint density at radius 2 is 1.80 bits per heavy atom. The van der Waals surface area contributed by atoms with Crippen LogP contribution in [0, 0.1) is 0 Å². The number of carbonyl (C=O) groups excluding carboxylic acids is 3. The van der Waals surface area contributed by atoms with Crippen molar-refractivity contribution in [1.82, 2.24) is 10.6 Å². The average Bonchev–Trinajstić information content (AvgIpc) is 3.18. The van der Waals surface area contributed by atoms with Crippen LogP contribution in [0.3, 0.4) is 0 Å². The SMILES string of the molecule is COC(=O)CCNC(=O)c1ccc(NC(=O)N[C@@H](C)c2cc3ccccc3o2)cc1. The number of hydrogen-bond acceptors (Lipinski definition) is 5. The highest BCUT2D eigenvalue weighted by Crippen LogP contribution is 2.23. The Labute approximate surface area is 173 Å². The van der Waals surface area contributed by atoms with Crippen LogP contribution in [0.2, 0.25) is 0 Å². The molecule has 0 aliphatic rings. The Hall–Kier alpha value is -3.81. The van der Waals surface area contributed by atoms with Crippen molar-refractivity contribution in [2.75, 3.05) is 19.0 Å². The average molecular weight is 409 g/mol. The van der Waals surface area contributed by atoms with Crippen LogP contribution in [-0.2, 0) is 9.53 Å². The molecule has 0 saturated carbocycles. The zero-order chi connectivity index (χ0) is 21.5. The number of fused-ring (bicyclic) bond motifs is 1. The normalized spacial score (nSPS) is 11.5. The van der Waals surface area contributed by atoms with E-state index in [1.807, 2.05) is 37.3 Å². The molecule has 3 rings (SSSR count). The maximum atomic E-state index is 12.3. The van der Waals surface area contributed by atoms with Crippen LogP contribution in [0.5, 0.6) is 0 Å². The summed E-state index contributed by atoms with van der Waals surface area (Å²) in [5, 5.41) is 9.15. The molecule has 1 heterocycles. The summed E-state index contributed by atoms with van der Waals surface area (Å²) in [6.45, 7) is 2.02. The van der Waals surface area contributed by atoms with Gasteiger partial charge in [0.15, 0.2) is 0 Å². The van der Waals surface area contributed by atoms with E-state index in [9.17, 15) is 14.4 Å². The minimum absolute atomic E-state index is 0.103. The second kappa shape index (κ2) is 9.60. The van der Waals surface area contributed by atoms with Crippen LogP contribution in [0.4, 0.5) is 10.5 Å². The third-order valence-electron chi connectivity index (χ3n) is 4.47. The predicted molar refractivity (Wildman–Crippen MR) is 112 cm³/mol. The van der Waals surface area contributed by atoms with Gasteiger partial charge in [0.2, 0.25) is 0 Å². The molecular weight excluding hydrogens is 386 g/mol. The van der Waals surface area contributed by atoms with Gasteiger partial charge in [0.05, 0.1) is 19.6 Å². The summed E-state index contributed by atoms with van der Waals surface area (Å²) >= 11 is 0. The van der Waals surface area contributed by atoms with E-state index in [0.29, 0.717) is 17.0 Å². The third kappa shape index (κ3) is 5.38. The van der Waals surface area contributed by atoms with Gasteiger partial charge in [-0.15, -0.1) is 0 Å². The number of amides is 3. The van der Waals surface area contributed by atoms with Crippen LogP contribution >= 0.6 is 0 Å². The fraction of sp³-hybridized carbons (Fsp3) is 0.227. The van der Waals surface area contributed by atoms with Crippen molar-refractivity contribution in [3.8, 4) is 0 Å². The molecule has 30 heavy (non-hydrogen) atoms. The smallest absolute Gasteiger partial charge is 0.319 e. The van der Waals surface area contributed by atoms with E-state index in [4.69, 9.17) is 4.42 Å². The fourth-order valence-electron chi connectivity index (χ4n) is 2.84. The van der Waals surface area contributed by atoms with Crippen LogP contribution < -0.4 is 16.0 Å². The summed E-state index contributed by atoms with van der Waals surface area (Å²) in [7, 11) is 1.30. The maximum Gasteiger partial charge on any atom is 0.319 e. The minimum Gasteiger partial charge on any atom is -0.469 e. The molecule has 3 amide bonds. The number of methoxy groups -OCH3 is 1. The lowest BCUT2D eigenvalue weighted by Gasteiger charge is -2.13. The number of para-hydroxylation sites is 1. The second-order valence-corrected chi connectivity index (χ2v) is 6.67. The molecule has 0 radical (unpaired) electrons. The standard InChI is InChI=1S/C22H23N3O5/c1-14(19-13-16-5-3-4-6-18(16)30-19)24-22(28)25-17-9-7-15(8-10-17)21(27)23-12-11-20(26)29-2/h3-10,13-14H,11-12H2,1-2H3,(H,23,27)(H2,24,25,28)/t14-/m0/s1. The van der Waals surface area contributed by atoms with Gasteiger partial charge in [-0.2, -0.15) is 0 Å². The topological polar surface area (TPSA) is 110 Å². The molecular formula is C22H23N3O5. The van der Waals surface area contributed by atoms with Gasteiger partial charge >= 0.3 is 12.0 Å². The van der Waals surface area contributed by atoms with Crippen molar-refractivity contribution in [2.24, 2.45) is 0 Å². The fourth-order valence-corrected chi connectivity index (χ4v) is 2.84. The highest BCUT2D eigenvalue weighted by Gasteiger charge is 2.14. The van der Waals surface area contributed by atoms with Crippen LogP contribution in [-0.4, -0.2) is 31.6 Å². The molecule has 0 spiro atoms. The predicted octanol–water partition coefficient (Wildman–Crippen LogP) is 3.61. The number of anilines is 1. The number of ether oxygens (including phenoxy) is 1. The number of nitrogens with one attached hydrogen (secondary N) is 3. The molecule has 8 nitrogen and oxygen atoms in total. The van der Waals surface area contributed by atoms with Crippen molar-refractivity contribution in [3.05, 3.63) is 65.9 Å². The number of hydrogen-bond donors (Lipinski definition) is 3. The lowest BCUT2D eigenvalue weighted by molar-refractivity contribution is -0.140. The lowest BCUT2D eigenvalue weighted by atomic mass is 10.2. The number of esters is 1. The van der Waals surface area contributed by atoms with Crippen molar-refractivity contribution < 1.29 is 23.5 Å². The monoisotopic (exact) mass is 409 g/mol. The van der Waals surface area contributed by atoms with E-state index in [1.165, 1.54) is 7.11 Å². The summed E-state index contributed by atoms with van der Waals surface area (Å²) in [4.78, 5) is 35.4. The van der Waals surface area contributed by atoms with E-state index in [2.05, 4.69) is 20.7 Å². The maximum absolute atomic E-state index is 12.3. The Morgan fingerprint density at radius 3 is 2.50 bits per heavy atom. The van der Waals surface area contributed by atoms with Gasteiger partial charge in [0, 0.05) is 23.2 Å². The zero-order valence-corrected chi connectivity index (χ0v) is 16.7. The molecule has 0 fully saturated rings. The minimum atomic E-state index is -0.391. The number of urea groups is 1. The van der Waals surface area contributed by atoms with Gasteiger partial charge in [0.1, 0.15) is 11.3 Å². The quantitative estimate of drug-likeness (QED) is 0.517. The van der Waals surface area contributed by atoms with Gasteiger partial charge < -0.3 is 25.1 Å². The van der Waals surface area contributed by atoms with Gasteiger partial charge in [-0.1, -0.05) is 18.2 Å². The first-order chi connectivity index (χ1) is 14.5. The van der Waals surface area contributed by atoms with Gasteiger partial charge in [-0.25, -0.2) is 4.79 Å². The van der Waals surface area contributed by atoms with Crippen molar-refractivity contribution in [3.63, 3.8) is 0 Å². The van der Waals surface area contributed by atoms with E-state index in [-0.39, 0.29) is 24.9 Å². The number of rotatable bonds is 7. The van der Waals surface area contributed by atoms with Crippen molar-refractivity contribution in [1.29, 1.82) is 0 Å².